The minimum Gasteiger partial charge on any atom is -0.353 e. The Morgan fingerprint density at radius 1 is 1.24 bits per heavy atom. The number of nitrogens with zero attached hydrogens (tertiary/aromatic N) is 2. The van der Waals surface area contributed by atoms with Crippen LogP contribution in [0.2, 0.25) is 0 Å². The molecule has 3 aliphatic heterocycles. The number of carbonyl (C=O) groups is 1. The summed E-state index contributed by atoms with van der Waals surface area (Å²) in [6, 6.07) is 5.58. The van der Waals surface area contributed by atoms with E-state index in [-0.39, 0.29) is 17.9 Å². The number of ether oxygens (including phenoxy) is 1. The number of alkyl halides is 3. The number of amides is 1. The molecule has 3 fully saturated rings. The van der Waals surface area contributed by atoms with Crippen molar-refractivity contribution in [3.05, 3.63) is 35.4 Å². The third kappa shape index (κ3) is 3.79. The zero-order valence-electron chi connectivity index (χ0n) is 17.0. The fraction of sp³-hybridized carbons (Fsp3) is 0.682. The van der Waals surface area contributed by atoms with Gasteiger partial charge in [-0.1, -0.05) is 26.0 Å². The molecule has 1 spiro atoms. The van der Waals surface area contributed by atoms with E-state index in [9.17, 15) is 18.0 Å². The van der Waals surface area contributed by atoms with E-state index < -0.39 is 17.5 Å². The van der Waals surface area contributed by atoms with E-state index in [1.54, 1.807) is 12.1 Å². The highest BCUT2D eigenvalue weighted by Crippen LogP contribution is 2.47. The summed E-state index contributed by atoms with van der Waals surface area (Å²) >= 11 is 0. The lowest BCUT2D eigenvalue weighted by Gasteiger charge is -2.48. The third-order valence-corrected chi connectivity index (χ3v) is 6.80. The molecule has 3 saturated heterocycles. The minimum absolute atomic E-state index is 0.131. The predicted octanol–water partition coefficient (Wildman–Crippen LogP) is 4.29. The van der Waals surface area contributed by atoms with Crippen molar-refractivity contribution in [1.82, 2.24) is 9.80 Å². The molecule has 29 heavy (non-hydrogen) atoms. The lowest BCUT2D eigenvalue weighted by atomic mass is 9.82. The van der Waals surface area contributed by atoms with Gasteiger partial charge in [-0.2, -0.15) is 13.2 Å². The van der Waals surface area contributed by atoms with Gasteiger partial charge >= 0.3 is 6.18 Å². The van der Waals surface area contributed by atoms with Crippen molar-refractivity contribution in [2.75, 3.05) is 19.7 Å². The van der Waals surface area contributed by atoms with Gasteiger partial charge < -0.3 is 9.64 Å². The summed E-state index contributed by atoms with van der Waals surface area (Å²) in [5.74, 6) is 0.790. The van der Waals surface area contributed by atoms with Gasteiger partial charge in [0.25, 0.3) is 0 Å². The molecule has 0 N–H and O–H groups in total. The van der Waals surface area contributed by atoms with Crippen LogP contribution in [0.5, 0.6) is 0 Å². The molecule has 4 nitrogen and oxygen atoms in total. The van der Waals surface area contributed by atoms with Crippen molar-refractivity contribution >= 4 is 5.91 Å². The van der Waals surface area contributed by atoms with Crippen LogP contribution in [0.15, 0.2) is 24.3 Å². The normalized spacial score (nSPS) is 31.0. The maximum Gasteiger partial charge on any atom is 0.416 e. The SMILES string of the molecule is CC(C)C1CO[C@]23CCCN(Cc4ccc(C(F)(F)F)cc4)C[C@H]2CCC(=O)N13. The van der Waals surface area contributed by atoms with Gasteiger partial charge in [0, 0.05) is 25.4 Å². The lowest BCUT2D eigenvalue weighted by Crippen LogP contribution is -2.60. The first-order valence-corrected chi connectivity index (χ1v) is 10.6. The second-order valence-corrected chi connectivity index (χ2v) is 9.00. The van der Waals surface area contributed by atoms with Gasteiger partial charge in [0.05, 0.1) is 18.2 Å². The standard InChI is InChI=1S/C22H29F3N2O2/c1-15(2)19-14-29-21-10-3-11-26(13-18(21)8-9-20(28)27(19)21)12-16-4-6-17(7-5-16)22(23,24)25/h4-7,15,18-19H,3,8-14H2,1-2H3/t18-,19?,21-/m1/s1. The number of likely N-dealkylation sites (tertiary alicyclic amines) is 1. The Morgan fingerprint density at radius 3 is 2.62 bits per heavy atom. The van der Waals surface area contributed by atoms with Gasteiger partial charge in [-0.05, 0) is 49.4 Å². The first-order valence-electron chi connectivity index (χ1n) is 10.6. The van der Waals surface area contributed by atoms with Crippen molar-refractivity contribution in [2.24, 2.45) is 11.8 Å². The van der Waals surface area contributed by atoms with Crippen molar-refractivity contribution < 1.29 is 22.7 Å². The highest BCUT2D eigenvalue weighted by molar-refractivity contribution is 5.78. The van der Waals surface area contributed by atoms with Crippen LogP contribution < -0.4 is 0 Å². The molecule has 0 bridgehead atoms. The van der Waals surface area contributed by atoms with Crippen LogP contribution in [0.25, 0.3) is 0 Å². The first-order chi connectivity index (χ1) is 13.7. The summed E-state index contributed by atoms with van der Waals surface area (Å²) < 4.78 is 44.8. The van der Waals surface area contributed by atoms with Crippen molar-refractivity contribution in [2.45, 2.75) is 64.0 Å². The molecule has 1 unspecified atom stereocenters. The molecule has 1 aromatic carbocycles. The Morgan fingerprint density at radius 2 is 1.97 bits per heavy atom. The molecule has 3 heterocycles. The summed E-state index contributed by atoms with van der Waals surface area (Å²) in [4.78, 5) is 17.1. The van der Waals surface area contributed by atoms with E-state index in [4.69, 9.17) is 4.74 Å². The van der Waals surface area contributed by atoms with E-state index in [1.165, 1.54) is 0 Å². The molecule has 0 radical (unpaired) electrons. The van der Waals surface area contributed by atoms with Crippen LogP contribution in [-0.2, 0) is 22.3 Å². The molecule has 0 aliphatic carbocycles. The summed E-state index contributed by atoms with van der Waals surface area (Å²) in [6.07, 6.45) is -1.21. The average Bonchev–Trinajstić information content (AvgIpc) is 2.96. The topological polar surface area (TPSA) is 32.8 Å². The second-order valence-electron chi connectivity index (χ2n) is 9.00. The van der Waals surface area contributed by atoms with Crippen LogP contribution >= 0.6 is 0 Å². The maximum atomic E-state index is 12.8. The van der Waals surface area contributed by atoms with Gasteiger partial charge in [-0.25, -0.2) is 0 Å². The summed E-state index contributed by atoms with van der Waals surface area (Å²) in [5, 5.41) is 0. The molecule has 4 rings (SSSR count). The lowest BCUT2D eigenvalue weighted by molar-refractivity contribution is -0.178. The highest BCUT2D eigenvalue weighted by atomic mass is 19.4. The maximum absolute atomic E-state index is 12.8. The number of hydrogen-bond acceptors (Lipinski definition) is 3. The number of halogens is 3. The monoisotopic (exact) mass is 410 g/mol. The van der Waals surface area contributed by atoms with E-state index in [0.29, 0.717) is 25.5 Å². The molecule has 0 aromatic heterocycles. The zero-order valence-corrected chi connectivity index (χ0v) is 17.0. The average molecular weight is 410 g/mol. The Bertz CT molecular complexity index is 749. The Labute approximate surface area is 170 Å². The van der Waals surface area contributed by atoms with Gasteiger partial charge in [0.15, 0.2) is 0 Å². The van der Waals surface area contributed by atoms with E-state index >= 15 is 0 Å². The molecule has 3 aliphatic rings. The van der Waals surface area contributed by atoms with Crippen molar-refractivity contribution in [3.8, 4) is 0 Å². The number of hydrogen-bond donors (Lipinski definition) is 0. The fourth-order valence-corrected chi connectivity index (χ4v) is 5.29. The molecule has 7 heteroatoms. The number of piperidine rings is 1. The summed E-state index contributed by atoms with van der Waals surface area (Å²) in [6.45, 7) is 7.15. The molecular formula is C22H29F3N2O2. The smallest absolute Gasteiger partial charge is 0.353 e. The fourth-order valence-electron chi connectivity index (χ4n) is 5.29. The molecule has 1 amide bonds. The van der Waals surface area contributed by atoms with Gasteiger partial charge in [0.2, 0.25) is 5.91 Å². The second kappa shape index (κ2) is 7.58. The summed E-state index contributed by atoms with van der Waals surface area (Å²) in [5.41, 5.74) is -0.235. The summed E-state index contributed by atoms with van der Waals surface area (Å²) in [7, 11) is 0. The molecule has 1 aromatic rings. The van der Waals surface area contributed by atoms with Gasteiger partial charge in [-0.15, -0.1) is 0 Å². The number of rotatable bonds is 3. The van der Waals surface area contributed by atoms with Crippen LogP contribution in [0.4, 0.5) is 13.2 Å². The van der Waals surface area contributed by atoms with Crippen molar-refractivity contribution in [1.29, 1.82) is 0 Å². The molecule has 3 atom stereocenters. The molecular weight excluding hydrogens is 381 g/mol. The van der Waals surface area contributed by atoms with Crippen LogP contribution in [0, 0.1) is 11.8 Å². The Hall–Kier alpha value is -1.60. The number of benzene rings is 1. The zero-order chi connectivity index (χ0) is 20.8. The van der Waals surface area contributed by atoms with Gasteiger partial charge in [-0.3, -0.25) is 9.69 Å². The Balaban J connectivity index is 1.50. The van der Waals surface area contributed by atoms with Crippen LogP contribution in [0.3, 0.4) is 0 Å². The van der Waals surface area contributed by atoms with E-state index in [0.717, 1.165) is 50.0 Å². The molecule has 160 valence electrons. The van der Waals surface area contributed by atoms with E-state index in [1.807, 2.05) is 4.90 Å². The third-order valence-electron chi connectivity index (χ3n) is 6.80. The van der Waals surface area contributed by atoms with Crippen molar-refractivity contribution in [3.63, 3.8) is 0 Å². The quantitative estimate of drug-likeness (QED) is 0.745. The van der Waals surface area contributed by atoms with Crippen LogP contribution in [-0.4, -0.2) is 47.2 Å². The predicted molar refractivity (Wildman–Crippen MR) is 103 cm³/mol. The van der Waals surface area contributed by atoms with Gasteiger partial charge in [0.1, 0.15) is 5.72 Å². The highest BCUT2D eigenvalue weighted by Gasteiger charge is 2.57. The van der Waals surface area contributed by atoms with E-state index in [2.05, 4.69) is 18.7 Å². The molecule has 0 saturated carbocycles. The van der Waals surface area contributed by atoms with Crippen LogP contribution in [0.1, 0.15) is 50.7 Å². The number of carbonyl (C=O) groups excluding carboxylic acids is 1. The Kier molecular flexibility index (Phi) is 5.40. The minimum atomic E-state index is -4.31. The first kappa shape index (κ1) is 20.7. The largest absolute Gasteiger partial charge is 0.416 e.